The fourth-order valence-corrected chi connectivity index (χ4v) is 7.20. The van der Waals surface area contributed by atoms with Gasteiger partial charge in [0.05, 0.1) is 10.5 Å². The van der Waals surface area contributed by atoms with Crippen molar-refractivity contribution >= 4 is 15.7 Å². The Morgan fingerprint density at radius 2 is 1.49 bits per heavy atom. The van der Waals surface area contributed by atoms with Gasteiger partial charge in [-0.2, -0.15) is 17.5 Å². The molecule has 0 atom stereocenters. The van der Waals surface area contributed by atoms with Gasteiger partial charge in [0, 0.05) is 51.0 Å². The van der Waals surface area contributed by atoms with Crippen molar-refractivity contribution in [2.24, 2.45) is 0 Å². The smallest absolute Gasteiger partial charge is 0.369 e. The predicted octanol–water partition coefficient (Wildman–Crippen LogP) is 4.56. The van der Waals surface area contributed by atoms with Gasteiger partial charge in [0.2, 0.25) is 10.0 Å². The van der Waals surface area contributed by atoms with Crippen LogP contribution in [-0.2, 0) is 29.0 Å². The highest BCUT2D eigenvalue weighted by molar-refractivity contribution is 7.89. The predicted molar refractivity (Wildman–Crippen MR) is 130 cm³/mol. The van der Waals surface area contributed by atoms with Gasteiger partial charge in [-0.3, -0.25) is 4.90 Å². The molecule has 1 saturated carbocycles. The summed E-state index contributed by atoms with van der Waals surface area (Å²) in [6.07, 6.45) is 2.83. The monoisotopic (exact) mass is 507 g/mol. The summed E-state index contributed by atoms with van der Waals surface area (Å²) in [6.45, 7) is 3.69. The number of sulfonamides is 1. The summed E-state index contributed by atoms with van der Waals surface area (Å²) in [5.41, 5.74) is 2.92. The number of halogens is 3. The minimum absolute atomic E-state index is 0.241. The Labute approximate surface area is 205 Å². The molecule has 0 unspecified atom stereocenters. The molecule has 190 valence electrons. The molecule has 0 bridgehead atoms. The van der Waals surface area contributed by atoms with Crippen LogP contribution in [0.3, 0.4) is 0 Å². The highest BCUT2D eigenvalue weighted by Gasteiger charge is 2.34. The highest BCUT2D eigenvalue weighted by atomic mass is 32.2. The Bertz CT molecular complexity index is 1150. The van der Waals surface area contributed by atoms with Crippen molar-refractivity contribution in [3.63, 3.8) is 0 Å². The van der Waals surface area contributed by atoms with Gasteiger partial charge in [-0.15, -0.1) is 0 Å². The Balaban J connectivity index is 1.24. The van der Waals surface area contributed by atoms with E-state index < -0.39 is 21.8 Å². The second-order valence-corrected chi connectivity index (χ2v) is 11.8. The molecule has 2 aromatic carbocycles. The number of benzene rings is 2. The number of nitrogens with zero attached hydrogens (tertiary/aromatic N) is 3. The number of rotatable bonds is 4. The number of hydrogen-bond acceptors (Lipinski definition) is 4. The first kappa shape index (κ1) is 24.6. The van der Waals surface area contributed by atoms with Crippen molar-refractivity contribution in [3.05, 3.63) is 59.2 Å². The maximum absolute atomic E-state index is 13.1. The molecule has 9 heteroatoms. The molecular weight excluding hydrogens is 475 g/mol. The summed E-state index contributed by atoms with van der Waals surface area (Å²) in [5, 5.41) is 0. The quantitative estimate of drug-likeness (QED) is 0.609. The number of alkyl halides is 3. The lowest BCUT2D eigenvalue weighted by atomic mass is 10.0. The van der Waals surface area contributed by atoms with Crippen LogP contribution in [0.5, 0.6) is 0 Å². The van der Waals surface area contributed by atoms with E-state index in [1.807, 2.05) is 0 Å². The van der Waals surface area contributed by atoms with Crippen LogP contribution in [0.25, 0.3) is 0 Å². The van der Waals surface area contributed by atoms with Crippen molar-refractivity contribution in [1.82, 2.24) is 9.21 Å². The van der Waals surface area contributed by atoms with Gasteiger partial charge in [-0.1, -0.05) is 25.0 Å². The Hall–Kier alpha value is -2.10. The van der Waals surface area contributed by atoms with E-state index >= 15 is 0 Å². The molecule has 35 heavy (non-hydrogen) atoms. The Kier molecular flexibility index (Phi) is 6.85. The van der Waals surface area contributed by atoms with Crippen LogP contribution in [0.1, 0.15) is 42.4 Å². The summed E-state index contributed by atoms with van der Waals surface area (Å²) < 4.78 is 66.5. The number of piperazine rings is 1. The van der Waals surface area contributed by atoms with Crippen LogP contribution >= 0.6 is 0 Å². The molecular formula is C26H32F3N3O2S. The first-order chi connectivity index (χ1) is 16.7. The average Bonchev–Trinajstić information content (AvgIpc) is 3.31. The maximum Gasteiger partial charge on any atom is 0.416 e. The summed E-state index contributed by atoms with van der Waals surface area (Å²) in [5.74, 6) is 0. The topological polar surface area (TPSA) is 43.9 Å². The molecule has 0 aromatic heterocycles. The third-order valence-electron chi connectivity index (χ3n) is 7.77. The van der Waals surface area contributed by atoms with Gasteiger partial charge < -0.3 is 4.90 Å². The lowest BCUT2D eigenvalue weighted by molar-refractivity contribution is -0.137. The highest BCUT2D eigenvalue weighted by Crippen LogP contribution is 2.32. The second kappa shape index (κ2) is 9.75. The normalized spacial score (nSPS) is 21.2. The van der Waals surface area contributed by atoms with Crippen LogP contribution in [0.4, 0.5) is 18.9 Å². The molecule has 0 amide bonds. The van der Waals surface area contributed by atoms with Crippen molar-refractivity contribution < 1.29 is 21.6 Å². The van der Waals surface area contributed by atoms with E-state index in [1.165, 1.54) is 47.2 Å². The van der Waals surface area contributed by atoms with Crippen molar-refractivity contribution in [2.75, 3.05) is 44.2 Å². The molecule has 0 radical (unpaired) electrons. The van der Waals surface area contributed by atoms with Crippen molar-refractivity contribution in [2.45, 2.75) is 55.6 Å². The van der Waals surface area contributed by atoms with Gasteiger partial charge in [0.25, 0.3) is 0 Å². The van der Waals surface area contributed by atoms with Crippen molar-refractivity contribution in [3.8, 4) is 0 Å². The Morgan fingerprint density at radius 3 is 2.17 bits per heavy atom. The fourth-order valence-electron chi connectivity index (χ4n) is 5.73. The molecule has 2 aliphatic heterocycles. The fraction of sp³-hybridized carbons (Fsp3) is 0.538. The van der Waals surface area contributed by atoms with Gasteiger partial charge in [0.15, 0.2) is 0 Å². The van der Waals surface area contributed by atoms with Crippen LogP contribution in [0.15, 0.2) is 47.4 Å². The lowest BCUT2D eigenvalue weighted by Crippen LogP contribution is -2.48. The van der Waals surface area contributed by atoms with E-state index in [1.54, 1.807) is 0 Å². The first-order valence-corrected chi connectivity index (χ1v) is 13.9. The van der Waals surface area contributed by atoms with Gasteiger partial charge in [-0.05, 0) is 67.1 Å². The van der Waals surface area contributed by atoms with Gasteiger partial charge in [0.1, 0.15) is 0 Å². The van der Waals surface area contributed by atoms with E-state index in [0.29, 0.717) is 13.1 Å². The average molecular weight is 508 g/mol. The van der Waals surface area contributed by atoms with Crippen LogP contribution < -0.4 is 4.90 Å². The van der Waals surface area contributed by atoms with E-state index in [-0.39, 0.29) is 18.0 Å². The number of hydrogen-bond donors (Lipinski definition) is 0. The maximum atomic E-state index is 13.1. The summed E-state index contributed by atoms with van der Waals surface area (Å²) in [6, 6.07) is 11.3. The van der Waals surface area contributed by atoms with Gasteiger partial charge in [-0.25, -0.2) is 8.42 Å². The van der Waals surface area contributed by atoms with Gasteiger partial charge >= 0.3 is 6.18 Å². The zero-order valence-electron chi connectivity index (χ0n) is 19.8. The Morgan fingerprint density at radius 1 is 0.800 bits per heavy atom. The van der Waals surface area contributed by atoms with Crippen LogP contribution in [-0.4, -0.2) is 62.9 Å². The summed E-state index contributed by atoms with van der Waals surface area (Å²) in [4.78, 5) is 4.53. The lowest BCUT2D eigenvalue weighted by Gasteiger charge is -2.35. The zero-order valence-corrected chi connectivity index (χ0v) is 20.6. The molecule has 0 N–H and O–H groups in total. The van der Waals surface area contributed by atoms with E-state index in [2.05, 4.69) is 28.0 Å². The third kappa shape index (κ3) is 5.22. The number of fused-ring (bicyclic) bond motifs is 1. The largest absolute Gasteiger partial charge is 0.416 e. The van der Waals surface area contributed by atoms with Crippen LogP contribution in [0.2, 0.25) is 0 Å². The van der Waals surface area contributed by atoms with Crippen molar-refractivity contribution in [1.29, 1.82) is 0 Å². The molecule has 2 fully saturated rings. The third-order valence-corrected chi connectivity index (χ3v) is 9.67. The first-order valence-electron chi connectivity index (χ1n) is 12.5. The summed E-state index contributed by atoms with van der Waals surface area (Å²) >= 11 is 0. The molecule has 1 aliphatic carbocycles. The zero-order chi connectivity index (χ0) is 24.6. The molecule has 1 saturated heterocycles. The van der Waals surface area contributed by atoms with E-state index in [0.717, 1.165) is 55.9 Å². The minimum atomic E-state index is -4.58. The molecule has 3 aliphatic rings. The second-order valence-electron chi connectivity index (χ2n) is 9.84. The standard InChI is InChI=1S/C26H32F3N3O2S/c27-26(28,29)22-4-3-7-25(19-22)35(33,34)32-16-14-31(15-17-32)24-9-8-20-10-12-30(13-11-21(20)18-24)23-5-1-2-6-23/h3-4,7-9,18-19,23H,1-2,5-6,10-17H2. The SMILES string of the molecule is O=S(=O)(c1cccc(C(F)(F)F)c1)N1CCN(c2ccc3c(c2)CCN(C2CCCC2)CC3)CC1. The molecule has 5 nitrogen and oxygen atoms in total. The van der Waals surface area contributed by atoms with E-state index in [4.69, 9.17) is 0 Å². The van der Waals surface area contributed by atoms with E-state index in [9.17, 15) is 21.6 Å². The molecule has 0 spiro atoms. The minimum Gasteiger partial charge on any atom is -0.369 e. The molecule has 5 rings (SSSR count). The summed E-state index contributed by atoms with van der Waals surface area (Å²) in [7, 11) is -3.98. The van der Waals surface area contributed by atoms with Crippen LogP contribution in [0, 0.1) is 0 Å². The number of anilines is 1. The molecule has 2 heterocycles. The molecule has 2 aromatic rings.